The van der Waals surface area contributed by atoms with E-state index in [4.69, 9.17) is 10.4 Å². The molecule has 1 aromatic carbocycles. The molecule has 68 valence electrons. The third-order valence-corrected chi connectivity index (χ3v) is 1.64. The summed E-state index contributed by atoms with van der Waals surface area (Å²) >= 11 is 0. The summed E-state index contributed by atoms with van der Waals surface area (Å²) in [6.45, 7) is 1.96. The molecular formula is C9H10N2O2. The molecule has 0 radical (unpaired) electrons. The van der Waals surface area contributed by atoms with Gasteiger partial charge in [-0.05, 0) is 6.92 Å². The third-order valence-electron chi connectivity index (χ3n) is 1.64. The lowest BCUT2D eigenvalue weighted by atomic mass is 10.1. The van der Waals surface area contributed by atoms with Crippen LogP contribution in [-0.2, 0) is 0 Å². The smallest absolute Gasteiger partial charge is 0.131 e. The van der Waals surface area contributed by atoms with Crippen molar-refractivity contribution in [3.8, 4) is 0 Å². The summed E-state index contributed by atoms with van der Waals surface area (Å²) in [5.74, 6) is 0. The highest BCUT2D eigenvalue weighted by molar-refractivity contribution is 6.37. The Hall–Kier alpha value is -1.84. The lowest BCUT2D eigenvalue weighted by Gasteiger charge is -1.97. The van der Waals surface area contributed by atoms with Crippen molar-refractivity contribution in [2.45, 2.75) is 6.92 Å². The Bertz CT molecular complexity index is 328. The maximum Gasteiger partial charge on any atom is 0.131 e. The zero-order valence-corrected chi connectivity index (χ0v) is 7.18. The van der Waals surface area contributed by atoms with Gasteiger partial charge in [-0.3, -0.25) is 0 Å². The van der Waals surface area contributed by atoms with E-state index in [9.17, 15) is 0 Å². The Morgan fingerprint density at radius 1 is 1.23 bits per heavy atom. The largest absolute Gasteiger partial charge is 0.411 e. The average molecular weight is 178 g/mol. The van der Waals surface area contributed by atoms with Crippen molar-refractivity contribution >= 4 is 11.9 Å². The summed E-state index contributed by atoms with van der Waals surface area (Å²) in [5, 5.41) is 22.6. The van der Waals surface area contributed by atoms with E-state index in [1.807, 2.05) is 19.1 Å². The van der Waals surface area contributed by atoms with Gasteiger partial charge in [0.25, 0.3) is 0 Å². The van der Waals surface area contributed by atoms with E-state index < -0.39 is 0 Å². The van der Waals surface area contributed by atoms with Crippen molar-refractivity contribution in [3.63, 3.8) is 0 Å². The average Bonchev–Trinajstić information content (AvgIpc) is 2.16. The van der Waals surface area contributed by atoms with Crippen molar-refractivity contribution < 1.29 is 10.4 Å². The molecule has 0 fully saturated rings. The van der Waals surface area contributed by atoms with Crippen LogP contribution in [0.15, 0.2) is 34.6 Å². The van der Waals surface area contributed by atoms with E-state index in [0.29, 0.717) is 5.56 Å². The van der Waals surface area contributed by atoms with Crippen LogP contribution in [0.1, 0.15) is 11.1 Å². The SMILES string of the molecule is Cc1ccc(C(/C=N\O)=N/O)cc1. The molecule has 0 unspecified atom stereocenters. The molecule has 1 rings (SSSR count). The molecular weight excluding hydrogens is 168 g/mol. The number of nitrogens with zero attached hydrogens (tertiary/aromatic N) is 2. The van der Waals surface area contributed by atoms with Crippen LogP contribution in [0.4, 0.5) is 0 Å². The first-order valence-electron chi connectivity index (χ1n) is 3.74. The maximum atomic E-state index is 8.57. The summed E-state index contributed by atoms with van der Waals surface area (Å²) < 4.78 is 0. The minimum atomic E-state index is 0.225. The number of hydrogen-bond acceptors (Lipinski definition) is 4. The number of rotatable bonds is 2. The molecule has 4 nitrogen and oxygen atoms in total. The normalized spacial score (nSPS) is 12.2. The highest BCUT2D eigenvalue weighted by Gasteiger charge is 1.99. The van der Waals surface area contributed by atoms with Crippen LogP contribution in [0.25, 0.3) is 0 Å². The first-order valence-corrected chi connectivity index (χ1v) is 3.74. The number of hydrogen-bond donors (Lipinski definition) is 2. The fraction of sp³-hybridized carbons (Fsp3) is 0.111. The molecule has 0 aliphatic heterocycles. The van der Waals surface area contributed by atoms with Crippen molar-refractivity contribution in [2.24, 2.45) is 10.3 Å². The van der Waals surface area contributed by atoms with Gasteiger partial charge in [0, 0.05) is 5.56 Å². The molecule has 0 saturated heterocycles. The van der Waals surface area contributed by atoms with E-state index in [1.165, 1.54) is 0 Å². The van der Waals surface area contributed by atoms with Crippen LogP contribution in [0.5, 0.6) is 0 Å². The molecule has 0 bridgehead atoms. The van der Waals surface area contributed by atoms with Gasteiger partial charge < -0.3 is 10.4 Å². The minimum Gasteiger partial charge on any atom is -0.411 e. The van der Waals surface area contributed by atoms with Gasteiger partial charge in [0.1, 0.15) is 5.71 Å². The van der Waals surface area contributed by atoms with Gasteiger partial charge in [-0.2, -0.15) is 0 Å². The lowest BCUT2D eigenvalue weighted by molar-refractivity contribution is 0.316. The standard InChI is InChI=1S/C9H10N2O2/c1-7-2-4-8(5-3-7)9(11-13)6-10-12/h2-6,12-13H,1H3/b10-6-,11-9+. The zero-order chi connectivity index (χ0) is 9.68. The second-order valence-corrected chi connectivity index (χ2v) is 2.60. The first kappa shape index (κ1) is 9.25. The summed E-state index contributed by atoms with van der Waals surface area (Å²) in [6.07, 6.45) is 1.07. The Labute approximate surface area is 75.8 Å². The monoisotopic (exact) mass is 178 g/mol. The van der Waals surface area contributed by atoms with Crippen molar-refractivity contribution in [3.05, 3.63) is 35.4 Å². The van der Waals surface area contributed by atoms with E-state index in [1.54, 1.807) is 12.1 Å². The van der Waals surface area contributed by atoms with Gasteiger partial charge in [-0.1, -0.05) is 40.1 Å². The van der Waals surface area contributed by atoms with Gasteiger partial charge in [0.05, 0.1) is 6.21 Å². The predicted molar refractivity (Wildman–Crippen MR) is 49.8 cm³/mol. The molecule has 2 N–H and O–H groups in total. The predicted octanol–water partition coefficient (Wildman–Crippen LogP) is 1.63. The van der Waals surface area contributed by atoms with Crippen LogP contribution in [0, 0.1) is 6.92 Å². The highest BCUT2D eigenvalue weighted by Crippen LogP contribution is 2.03. The van der Waals surface area contributed by atoms with Crippen LogP contribution < -0.4 is 0 Å². The Kier molecular flexibility index (Phi) is 3.03. The van der Waals surface area contributed by atoms with Gasteiger partial charge in [-0.15, -0.1) is 0 Å². The van der Waals surface area contributed by atoms with Crippen LogP contribution in [0.3, 0.4) is 0 Å². The van der Waals surface area contributed by atoms with E-state index in [-0.39, 0.29) is 5.71 Å². The molecule has 0 amide bonds. The molecule has 0 spiro atoms. The third kappa shape index (κ3) is 2.30. The second kappa shape index (κ2) is 4.25. The second-order valence-electron chi connectivity index (χ2n) is 2.60. The molecule has 13 heavy (non-hydrogen) atoms. The number of oxime groups is 2. The first-order chi connectivity index (χ1) is 6.27. The van der Waals surface area contributed by atoms with Crippen molar-refractivity contribution in [1.29, 1.82) is 0 Å². The van der Waals surface area contributed by atoms with E-state index >= 15 is 0 Å². The quantitative estimate of drug-likeness (QED) is 0.410. The minimum absolute atomic E-state index is 0.225. The molecule has 0 aromatic heterocycles. The van der Waals surface area contributed by atoms with E-state index in [2.05, 4.69) is 10.3 Å². The topological polar surface area (TPSA) is 65.2 Å². The Balaban J connectivity index is 3.00. The summed E-state index contributed by atoms with van der Waals surface area (Å²) in [7, 11) is 0. The van der Waals surface area contributed by atoms with Gasteiger partial charge in [0.15, 0.2) is 0 Å². The van der Waals surface area contributed by atoms with Crippen molar-refractivity contribution in [1.82, 2.24) is 0 Å². The van der Waals surface area contributed by atoms with Gasteiger partial charge in [0.2, 0.25) is 0 Å². The fourth-order valence-corrected chi connectivity index (χ4v) is 0.937. The summed E-state index contributed by atoms with van der Waals surface area (Å²) in [4.78, 5) is 0. The summed E-state index contributed by atoms with van der Waals surface area (Å²) in [6, 6.07) is 7.33. The molecule has 0 heterocycles. The molecule has 0 saturated carbocycles. The van der Waals surface area contributed by atoms with Crippen LogP contribution in [-0.4, -0.2) is 22.3 Å². The lowest BCUT2D eigenvalue weighted by Crippen LogP contribution is -2.02. The number of benzene rings is 1. The van der Waals surface area contributed by atoms with Crippen LogP contribution >= 0.6 is 0 Å². The van der Waals surface area contributed by atoms with Gasteiger partial charge >= 0.3 is 0 Å². The van der Waals surface area contributed by atoms with Crippen LogP contribution in [0.2, 0.25) is 0 Å². The Morgan fingerprint density at radius 3 is 2.31 bits per heavy atom. The van der Waals surface area contributed by atoms with E-state index in [0.717, 1.165) is 11.8 Å². The van der Waals surface area contributed by atoms with Crippen molar-refractivity contribution in [2.75, 3.05) is 0 Å². The highest BCUT2D eigenvalue weighted by atomic mass is 16.4. The molecule has 4 heteroatoms. The molecule has 0 aliphatic rings. The molecule has 0 aliphatic carbocycles. The van der Waals surface area contributed by atoms with Gasteiger partial charge in [-0.25, -0.2) is 0 Å². The molecule has 1 aromatic rings. The zero-order valence-electron chi connectivity index (χ0n) is 7.18. The maximum absolute atomic E-state index is 8.57. The Morgan fingerprint density at radius 2 is 1.85 bits per heavy atom. The molecule has 0 atom stereocenters. The fourth-order valence-electron chi connectivity index (χ4n) is 0.937. The number of aryl methyl sites for hydroxylation is 1. The summed E-state index contributed by atoms with van der Waals surface area (Å²) in [5.41, 5.74) is 2.04.